The number of nitro groups is 1. The van der Waals surface area contributed by atoms with Crippen LogP contribution in [-0.4, -0.2) is 25.3 Å². The van der Waals surface area contributed by atoms with Gasteiger partial charge in [0.15, 0.2) is 9.84 Å². The predicted molar refractivity (Wildman–Crippen MR) is 61.8 cm³/mol. The van der Waals surface area contributed by atoms with E-state index in [-0.39, 0.29) is 22.6 Å². The Kier molecular flexibility index (Phi) is 3.44. The summed E-state index contributed by atoms with van der Waals surface area (Å²) < 4.78 is 22.1. The number of sulfone groups is 1. The zero-order valence-electron chi connectivity index (χ0n) is 8.71. The summed E-state index contributed by atoms with van der Waals surface area (Å²) in [6.07, 6.45) is 1.06. The molecule has 0 saturated carbocycles. The molecule has 0 spiro atoms. The van der Waals surface area contributed by atoms with Crippen LogP contribution in [0.5, 0.6) is 0 Å². The third kappa shape index (κ3) is 3.16. The SMILES string of the molecule is C=C(CS(C)(=O)=O)c1ccccc1[N+](=O)[O-]. The fourth-order valence-corrected chi connectivity index (χ4v) is 2.11. The van der Waals surface area contributed by atoms with E-state index >= 15 is 0 Å². The molecule has 0 aliphatic heterocycles. The normalized spacial score (nSPS) is 11.1. The molecule has 0 unspecified atom stereocenters. The second-order valence-electron chi connectivity index (χ2n) is 3.45. The largest absolute Gasteiger partial charge is 0.276 e. The van der Waals surface area contributed by atoms with Gasteiger partial charge in [0, 0.05) is 12.3 Å². The maximum Gasteiger partial charge on any atom is 0.276 e. The summed E-state index contributed by atoms with van der Waals surface area (Å²) in [5.41, 5.74) is 0.365. The molecule has 0 bridgehead atoms. The van der Waals surface area contributed by atoms with Gasteiger partial charge >= 0.3 is 0 Å². The van der Waals surface area contributed by atoms with E-state index in [1.54, 1.807) is 6.07 Å². The van der Waals surface area contributed by atoms with Gasteiger partial charge in [-0.25, -0.2) is 8.42 Å². The monoisotopic (exact) mass is 241 g/mol. The molecule has 0 atom stereocenters. The minimum atomic E-state index is -3.24. The third-order valence-electron chi connectivity index (χ3n) is 1.92. The first-order chi connectivity index (χ1) is 7.31. The van der Waals surface area contributed by atoms with Crippen LogP contribution in [-0.2, 0) is 9.84 Å². The fraction of sp³-hybridized carbons (Fsp3) is 0.200. The van der Waals surface area contributed by atoms with E-state index < -0.39 is 14.8 Å². The van der Waals surface area contributed by atoms with Crippen LogP contribution in [0.2, 0.25) is 0 Å². The lowest BCUT2D eigenvalue weighted by molar-refractivity contribution is -0.385. The van der Waals surface area contributed by atoms with E-state index in [4.69, 9.17) is 0 Å². The molecule has 1 rings (SSSR count). The molecule has 0 amide bonds. The second-order valence-corrected chi connectivity index (χ2v) is 5.59. The summed E-state index contributed by atoms with van der Waals surface area (Å²) >= 11 is 0. The molecular weight excluding hydrogens is 230 g/mol. The molecular formula is C10H11NO4S. The fourth-order valence-electron chi connectivity index (χ4n) is 1.33. The van der Waals surface area contributed by atoms with Crippen molar-refractivity contribution < 1.29 is 13.3 Å². The molecule has 1 aromatic carbocycles. The van der Waals surface area contributed by atoms with Crippen LogP contribution in [0.25, 0.3) is 5.57 Å². The van der Waals surface area contributed by atoms with Gasteiger partial charge < -0.3 is 0 Å². The molecule has 0 saturated heterocycles. The number of nitro benzene ring substituents is 1. The summed E-state index contributed by atoms with van der Waals surface area (Å²) in [6, 6.07) is 5.94. The van der Waals surface area contributed by atoms with E-state index in [2.05, 4.69) is 6.58 Å². The Balaban J connectivity index is 3.14. The Bertz CT molecular complexity index is 534. The Morgan fingerprint density at radius 2 is 2.00 bits per heavy atom. The van der Waals surface area contributed by atoms with E-state index in [1.165, 1.54) is 18.2 Å². The highest BCUT2D eigenvalue weighted by molar-refractivity contribution is 7.91. The van der Waals surface area contributed by atoms with Gasteiger partial charge in [-0.3, -0.25) is 10.1 Å². The minimum Gasteiger partial charge on any atom is -0.258 e. The lowest BCUT2D eigenvalue weighted by Gasteiger charge is -2.04. The number of hydrogen-bond donors (Lipinski definition) is 0. The molecule has 16 heavy (non-hydrogen) atoms. The van der Waals surface area contributed by atoms with Crippen LogP contribution < -0.4 is 0 Å². The molecule has 6 heteroatoms. The van der Waals surface area contributed by atoms with Crippen molar-refractivity contribution in [1.29, 1.82) is 0 Å². The van der Waals surface area contributed by atoms with Gasteiger partial charge in [-0.15, -0.1) is 0 Å². The molecule has 0 aliphatic rings. The van der Waals surface area contributed by atoms with Gasteiger partial charge in [0.1, 0.15) is 0 Å². The maximum absolute atomic E-state index is 11.1. The van der Waals surface area contributed by atoms with Gasteiger partial charge in [-0.1, -0.05) is 18.7 Å². The smallest absolute Gasteiger partial charge is 0.258 e. The standard InChI is InChI=1S/C10H11NO4S/c1-8(7-16(2,14)15)9-5-3-4-6-10(9)11(12)13/h3-6H,1,7H2,2H3. The van der Waals surface area contributed by atoms with E-state index in [0.29, 0.717) is 0 Å². The summed E-state index contributed by atoms with van der Waals surface area (Å²) in [7, 11) is -3.24. The van der Waals surface area contributed by atoms with Gasteiger partial charge in [-0.05, 0) is 11.6 Å². The first-order valence-electron chi connectivity index (χ1n) is 4.40. The van der Waals surface area contributed by atoms with Crippen LogP contribution in [0, 0.1) is 10.1 Å². The van der Waals surface area contributed by atoms with Crippen molar-refractivity contribution in [1.82, 2.24) is 0 Å². The zero-order valence-corrected chi connectivity index (χ0v) is 9.53. The molecule has 0 fully saturated rings. The molecule has 86 valence electrons. The van der Waals surface area contributed by atoms with Gasteiger partial charge in [0.25, 0.3) is 5.69 Å². The average Bonchev–Trinajstić information content (AvgIpc) is 2.15. The topological polar surface area (TPSA) is 77.3 Å². The Morgan fingerprint density at radius 1 is 1.44 bits per heavy atom. The van der Waals surface area contributed by atoms with Crippen LogP contribution in [0.15, 0.2) is 30.8 Å². The summed E-state index contributed by atoms with van der Waals surface area (Å²) in [5, 5.41) is 10.7. The van der Waals surface area contributed by atoms with E-state index in [0.717, 1.165) is 6.26 Å². The number of para-hydroxylation sites is 1. The van der Waals surface area contributed by atoms with Crippen molar-refractivity contribution in [2.75, 3.05) is 12.0 Å². The highest BCUT2D eigenvalue weighted by atomic mass is 32.2. The summed E-state index contributed by atoms with van der Waals surface area (Å²) in [5.74, 6) is -0.280. The number of rotatable bonds is 4. The third-order valence-corrected chi connectivity index (χ3v) is 2.79. The number of hydrogen-bond acceptors (Lipinski definition) is 4. The quantitative estimate of drug-likeness (QED) is 0.593. The van der Waals surface area contributed by atoms with Crippen molar-refractivity contribution in [3.05, 3.63) is 46.5 Å². The Morgan fingerprint density at radius 3 is 2.50 bits per heavy atom. The van der Waals surface area contributed by atoms with E-state index in [9.17, 15) is 18.5 Å². The van der Waals surface area contributed by atoms with E-state index in [1.807, 2.05) is 0 Å². The van der Waals surface area contributed by atoms with Crippen molar-refractivity contribution >= 4 is 21.1 Å². The Labute approximate surface area is 93.5 Å². The average molecular weight is 241 g/mol. The number of benzene rings is 1. The molecule has 1 aromatic rings. The summed E-state index contributed by atoms with van der Waals surface area (Å²) in [4.78, 5) is 10.2. The van der Waals surface area contributed by atoms with Crippen LogP contribution >= 0.6 is 0 Å². The van der Waals surface area contributed by atoms with Crippen molar-refractivity contribution in [2.45, 2.75) is 0 Å². The lowest BCUT2D eigenvalue weighted by Crippen LogP contribution is -2.06. The molecule has 0 heterocycles. The van der Waals surface area contributed by atoms with Crippen molar-refractivity contribution in [3.63, 3.8) is 0 Å². The molecule has 0 aromatic heterocycles. The zero-order chi connectivity index (χ0) is 12.3. The first kappa shape index (κ1) is 12.4. The van der Waals surface area contributed by atoms with Gasteiger partial charge in [0.05, 0.1) is 16.2 Å². The first-order valence-corrected chi connectivity index (χ1v) is 6.46. The lowest BCUT2D eigenvalue weighted by atomic mass is 10.1. The van der Waals surface area contributed by atoms with Crippen molar-refractivity contribution in [3.8, 4) is 0 Å². The van der Waals surface area contributed by atoms with Crippen LogP contribution in [0.3, 0.4) is 0 Å². The highest BCUT2D eigenvalue weighted by Crippen LogP contribution is 2.25. The van der Waals surface area contributed by atoms with Crippen LogP contribution in [0.1, 0.15) is 5.56 Å². The predicted octanol–water partition coefficient (Wildman–Crippen LogP) is 1.65. The summed E-state index contributed by atoms with van der Waals surface area (Å²) in [6.45, 7) is 3.57. The molecule has 5 nitrogen and oxygen atoms in total. The minimum absolute atomic E-state index is 0.129. The molecule has 0 radical (unpaired) electrons. The van der Waals surface area contributed by atoms with Crippen molar-refractivity contribution in [2.24, 2.45) is 0 Å². The second kappa shape index (κ2) is 4.44. The van der Waals surface area contributed by atoms with Gasteiger partial charge in [0.2, 0.25) is 0 Å². The maximum atomic E-state index is 11.1. The van der Waals surface area contributed by atoms with Gasteiger partial charge in [-0.2, -0.15) is 0 Å². The molecule has 0 N–H and O–H groups in total. The molecule has 0 aliphatic carbocycles. The Hall–Kier alpha value is -1.69. The van der Waals surface area contributed by atoms with Crippen LogP contribution in [0.4, 0.5) is 5.69 Å². The highest BCUT2D eigenvalue weighted by Gasteiger charge is 2.17. The number of nitrogens with zero attached hydrogens (tertiary/aromatic N) is 1.